The van der Waals surface area contributed by atoms with Crippen LogP contribution in [0, 0.1) is 0 Å². The van der Waals surface area contributed by atoms with Gasteiger partial charge in [0, 0.05) is 18.9 Å². The fourth-order valence-corrected chi connectivity index (χ4v) is 1.74. The van der Waals surface area contributed by atoms with Crippen LogP contribution >= 0.6 is 0 Å². The quantitative estimate of drug-likeness (QED) is 0.896. The first kappa shape index (κ1) is 14.3. The number of ether oxygens (including phenoxy) is 1. The molecule has 0 aliphatic carbocycles. The third kappa shape index (κ3) is 3.71. The minimum Gasteiger partial charge on any atom is -0.444 e. The van der Waals surface area contributed by atoms with Crippen molar-refractivity contribution in [3.05, 3.63) is 36.3 Å². The Hall–Kier alpha value is -2.08. The largest absolute Gasteiger partial charge is 0.444 e. The molecule has 0 fully saturated rings. The Balaban J connectivity index is 1.95. The lowest BCUT2D eigenvalue weighted by Crippen LogP contribution is -2.36. The van der Waals surface area contributed by atoms with E-state index in [0.29, 0.717) is 0 Å². The zero-order chi connectivity index (χ0) is 14.8. The molecule has 0 bridgehead atoms. The van der Waals surface area contributed by atoms with Crippen molar-refractivity contribution in [2.75, 3.05) is 6.54 Å². The maximum Gasteiger partial charge on any atom is 0.407 e. The van der Waals surface area contributed by atoms with E-state index in [4.69, 9.17) is 10.5 Å². The summed E-state index contributed by atoms with van der Waals surface area (Å²) in [7, 11) is 0. The Morgan fingerprint density at radius 1 is 1.50 bits per heavy atom. The van der Waals surface area contributed by atoms with E-state index in [1.165, 1.54) is 0 Å². The number of amides is 1. The van der Waals surface area contributed by atoms with Crippen molar-refractivity contribution < 1.29 is 9.53 Å². The predicted octanol–water partition coefficient (Wildman–Crippen LogP) is 1.86. The van der Waals surface area contributed by atoms with E-state index in [1.54, 1.807) is 0 Å². The topological polar surface area (TPSA) is 81.6 Å². The van der Waals surface area contributed by atoms with Crippen LogP contribution in [-0.4, -0.2) is 27.6 Å². The molecule has 0 aliphatic heterocycles. The molecule has 108 valence electrons. The summed E-state index contributed by atoms with van der Waals surface area (Å²) in [6.07, 6.45) is 3.29. The second-order valence-corrected chi connectivity index (χ2v) is 5.62. The van der Waals surface area contributed by atoms with Gasteiger partial charge < -0.3 is 20.2 Å². The number of rotatable bonds is 3. The molecule has 0 saturated carbocycles. The van der Waals surface area contributed by atoms with Gasteiger partial charge in [0.15, 0.2) is 0 Å². The van der Waals surface area contributed by atoms with Crippen molar-refractivity contribution in [2.24, 2.45) is 5.73 Å². The van der Waals surface area contributed by atoms with E-state index in [2.05, 4.69) is 10.3 Å². The van der Waals surface area contributed by atoms with E-state index in [9.17, 15) is 4.79 Å². The Labute approximate surface area is 117 Å². The Bertz CT molecular complexity index is 567. The van der Waals surface area contributed by atoms with Crippen LogP contribution in [0.15, 0.2) is 30.6 Å². The van der Waals surface area contributed by atoms with Crippen molar-refractivity contribution in [1.82, 2.24) is 14.7 Å². The molecule has 0 aromatic carbocycles. The van der Waals surface area contributed by atoms with Crippen LogP contribution in [0.5, 0.6) is 0 Å². The summed E-state index contributed by atoms with van der Waals surface area (Å²) < 4.78 is 7.04. The highest BCUT2D eigenvalue weighted by Crippen LogP contribution is 2.11. The lowest BCUT2D eigenvalue weighted by molar-refractivity contribution is 0.0524. The van der Waals surface area contributed by atoms with E-state index < -0.39 is 11.7 Å². The van der Waals surface area contributed by atoms with E-state index in [-0.39, 0.29) is 12.6 Å². The zero-order valence-electron chi connectivity index (χ0n) is 12.0. The number of nitrogens with one attached hydrogen (secondary N) is 1. The van der Waals surface area contributed by atoms with Gasteiger partial charge in [0.25, 0.3) is 0 Å². The number of carbonyl (C=O) groups excluding carboxylic acids is 1. The number of carbonyl (C=O) groups is 1. The van der Waals surface area contributed by atoms with Gasteiger partial charge in [-0.15, -0.1) is 0 Å². The maximum atomic E-state index is 11.6. The van der Waals surface area contributed by atoms with Crippen LogP contribution in [0.2, 0.25) is 0 Å². The minimum atomic E-state index is -0.517. The van der Waals surface area contributed by atoms with Crippen molar-refractivity contribution in [3.63, 3.8) is 0 Å². The third-order valence-corrected chi connectivity index (χ3v) is 2.63. The van der Waals surface area contributed by atoms with Crippen molar-refractivity contribution in [2.45, 2.75) is 32.4 Å². The molecule has 1 unspecified atom stereocenters. The van der Waals surface area contributed by atoms with Gasteiger partial charge in [-0.25, -0.2) is 9.78 Å². The fourth-order valence-electron chi connectivity index (χ4n) is 1.74. The number of hydrogen-bond acceptors (Lipinski definition) is 4. The second kappa shape index (κ2) is 5.50. The monoisotopic (exact) mass is 276 g/mol. The Kier molecular flexibility index (Phi) is 3.94. The zero-order valence-corrected chi connectivity index (χ0v) is 12.0. The molecule has 3 N–H and O–H groups in total. The van der Waals surface area contributed by atoms with Crippen LogP contribution in [0.3, 0.4) is 0 Å². The van der Waals surface area contributed by atoms with Gasteiger partial charge in [-0.3, -0.25) is 0 Å². The lowest BCUT2D eigenvalue weighted by Gasteiger charge is -2.20. The molecular formula is C14H20N4O2. The highest BCUT2D eigenvalue weighted by Gasteiger charge is 2.17. The van der Waals surface area contributed by atoms with Gasteiger partial charge >= 0.3 is 6.09 Å². The van der Waals surface area contributed by atoms with Crippen LogP contribution in [0.25, 0.3) is 5.65 Å². The molecule has 2 aromatic heterocycles. The molecule has 6 heteroatoms. The summed E-state index contributed by atoms with van der Waals surface area (Å²) in [6, 6.07) is 5.36. The SMILES string of the molecule is CC(C)(C)OC(=O)NCC(N)c1cn2ccccc2n1. The molecule has 1 amide bonds. The molecule has 6 nitrogen and oxygen atoms in total. The normalized spacial score (nSPS) is 13.2. The highest BCUT2D eigenvalue weighted by molar-refractivity contribution is 5.67. The second-order valence-electron chi connectivity index (χ2n) is 5.62. The van der Waals surface area contributed by atoms with Crippen LogP contribution < -0.4 is 11.1 Å². The summed E-state index contributed by atoms with van der Waals surface area (Å²) in [5.74, 6) is 0. The average molecular weight is 276 g/mol. The Morgan fingerprint density at radius 3 is 2.90 bits per heavy atom. The molecule has 20 heavy (non-hydrogen) atoms. The number of nitrogens with two attached hydrogens (primary N) is 1. The number of nitrogens with zero attached hydrogens (tertiary/aromatic N) is 2. The summed E-state index contributed by atoms with van der Waals surface area (Å²) in [4.78, 5) is 16.0. The summed E-state index contributed by atoms with van der Waals surface area (Å²) >= 11 is 0. The molecule has 0 spiro atoms. The fraction of sp³-hybridized carbons (Fsp3) is 0.429. The first-order valence-corrected chi connectivity index (χ1v) is 6.51. The highest BCUT2D eigenvalue weighted by atomic mass is 16.6. The number of aromatic nitrogens is 2. The van der Waals surface area contributed by atoms with Crippen molar-refractivity contribution in [1.29, 1.82) is 0 Å². The Morgan fingerprint density at radius 2 is 2.25 bits per heavy atom. The molecule has 0 aliphatic rings. The predicted molar refractivity (Wildman–Crippen MR) is 76.4 cm³/mol. The third-order valence-electron chi connectivity index (χ3n) is 2.63. The summed E-state index contributed by atoms with van der Waals surface area (Å²) in [5, 5.41) is 2.65. The first-order valence-electron chi connectivity index (χ1n) is 6.51. The molecule has 2 heterocycles. The van der Waals surface area contributed by atoms with Gasteiger partial charge in [-0.05, 0) is 32.9 Å². The lowest BCUT2D eigenvalue weighted by atomic mass is 10.2. The maximum absolute atomic E-state index is 11.6. The van der Waals surface area contributed by atoms with Crippen molar-refractivity contribution >= 4 is 11.7 Å². The van der Waals surface area contributed by atoms with Gasteiger partial charge in [-0.1, -0.05) is 6.07 Å². The number of pyridine rings is 1. The summed E-state index contributed by atoms with van der Waals surface area (Å²) in [5.41, 5.74) is 7.07. The van der Waals surface area contributed by atoms with Gasteiger partial charge in [0.05, 0.1) is 11.7 Å². The van der Waals surface area contributed by atoms with E-state index in [1.807, 2.05) is 55.8 Å². The van der Waals surface area contributed by atoms with Crippen LogP contribution in [-0.2, 0) is 4.74 Å². The summed E-state index contributed by atoms with van der Waals surface area (Å²) in [6.45, 7) is 5.72. The van der Waals surface area contributed by atoms with E-state index in [0.717, 1.165) is 11.3 Å². The molecule has 0 radical (unpaired) electrons. The van der Waals surface area contributed by atoms with Crippen LogP contribution in [0.1, 0.15) is 32.5 Å². The number of hydrogen-bond donors (Lipinski definition) is 2. The first-order chi connectivity index (χ1) is 9.35. The molecule has 1 atom stereocenters. The minimum absolute atomic E-state index is 0.277. The number of fused-ring (bicyclic) bond motifs is 1. The smallest absolute Gasteiger partial charge is 0.407 e. The number of alkyl carbamates (subject to hydrolysis) is 1. The van der Waals surface area contributed by atoms with Gasteiger partial charge in [0.2, 0.25) is 0 Å². The molecule has 2 aromatic rings. The average Bonchev–Trinajstić information content (AvgIpc) is 2.77. The molecular weight excluding hydrogens is 256 g/mol. The van der Waals surface area contributed by atoms with Gasteiger partial charge in [0.1, 0.15) is 11.2 Å². The standard InChI is InChI=1S/C14H20N4O2/c1-14(2,3)20-13(19)16-8-10(15)11-9-18-7-5-4-6-12(18)17-11/h4-7,9-10H,8,15H2,1-3H3,(H,16,19). The molecule has 0 saturated heterocycles. The van der Waals surface area contributed by atoms with Crippen molar-refractivity contribution in [3.8, 4) is 0 Å². The van der Waals surface area contributed by atoms with E-state index >= 15 is 0 Å². The molecule has 2 rings (SSSR count). The van der Waals surface area contributed by atoms with Crippen LogP contribution in [0.4, 0.5) is 4.79 Å². The number of imidazole rings is 1. The van der Waals surface area contributed by atoms with Gasteiger partial charge in [-0.2, -0.15) is 0 Å².